The molecule has 0 fully saturated rings. The second-order valence-electron chi connectivity index (χ2n) is 11.0. The SMILES string of the molecule is Cn1c(CCCc2ccc(OCC(C)(C)C(=O)O)cc2)cn(Cc2ccc(C(C)(C)C)cc2)c1=O. The topological polar surface area (TPSA) is 73.5 Å². The zero-order valence-corrected chi connectivity index (χ0v) is 21.8. The minimum absolute atomic E-state index is 0.00526. The summed E-state index contributed by atoms with van der Waals surface area (Å²) in [6.07, 6.45) is 4.59. The Hall–Kier alpha value is -3.28. The molecule has 1 heterocycles. The molecule has 0 spiro atoms. The Labute approximate surface area is 208 Å². The van der Waals surface area contributed by atoms with Crippen molar-refractivity contribution >= 4 is 5.97 Å². The third-order valence-corrected chi connectivity index (χ3v) is 6.44. The van der Waals surface area contributed by atoms with E-state index in [0.29, 0.717) is 12.3 Å². The normalized spacial score (nSPS) is 12.1. The fraction of sp³-hybridized carbons (Fsp3) is 0.448. The highest BCUT2D eigenvalue weighted by molar-refractivity contribution is 5.73. The first-order chi connectivity index (χ1) is 16.4. The van der Waals surface area contributed by atoms with E-state index in [9.17, 15) is 14.7 Å². The number of benzene rings is 2. The molecule has 6 heteroatoms. The van der Waals surface area contributed by atoms with Crippen molar-refractivity contribution < 1.29 is 14.6 Å². The largest absolute Gasteiger partial charge is 0.492 e. The van der Waals surface area contributed by atoms with Gasteiger partial charge in [0.15, 0.2) is 0 Å². The smallest absolute Gasteiger partial charge is 0.328 e. The van der Waals surface area contributed by atoms with Gasteiger partial charge in [0, 0.05) is 18.9 Å². The maximum Gasteiger partial charge on any atom is 0.328 e. The van der Waals surface area contributed by atoms with E-state index in [1.54, 1.807) is 23.0 Å². The number of aryl methyl sites for hydroxylation is 2. The number of ether oxygens (including phenoxy) is 1. The number of rotatable bonds is 10. The molecular formula is C29H38N2O4. The number of aliphatic carboxylic acids is 1. The molecule has 2 aromatic carbocycles. The van der Waals surface area contributed by atoms with Crippen LogP contribution in [0.15, 0.2) is 59.5 Å². The number of hydrogen-bond acceptors (Lipinski definition) is 3. The molecule has 6 nitrogen and oxygen atoms in total. The molecule has 1 N–H and O–H groups in total. The van der Waals surface area contributed by atoms with Gasteiger partial charge in [-0.25, -0.2) is 4.79 Å². The van der Waals surface area contributed by atoms with Gasteiger partial charge in [-0.15, -0.1) is 0 Å². The number of nitrogens with zero attached hydrogens (tertiary/aromatic N) is 2. The first kappa shape index (κ1) is 26.3. The lowest BCUT2D eigenvalue weighted by molar-refractivity contribution is -0.148. The van der Waals surface area contributed by atoms with Crippen molar-refractivity contribution in [2.45, 2.75) is 65.8 Å². The van der Waals surface area contributed by atoms with Crippen LogP contribution in [0.5, 0.6) is 5.75 Å². The van der Waals surface area contributed by atoms with Crippen LogP contribution in [0, 0.1) is 5.41 Å². The van der Waals surface area contributed by atoms with Gasteiger partial charge in [0.25, 0.3) is 0 Å². The molecule has 3 aromatic rings. The summed E-state index contributed by atoms with van der Waals surface area (Å²) in [5.41, 5.74) is 3.79. The first-order valence-corrected chi connectivity index (χ1v) is 12.2. The summed E-state index contributed by atoms with van der Waals surface area (Å²) in [4.78, 5) is 24.0. The lowest BCUT2D eigenvalue weighted by atomic mass is 9.87. The Morgan fingerprint density at radius 2 is 1.51 bits per heavy atom. The molecule has 0 unspecified atom stereocenters. The summed E-state index contributed by atoms with van der Waals surface area (Å²) in [7, 11) is 1.83. The monoisotopic (exact) mass is 478 g/mol. The van der Waals surface area contributed by atoms with Gasteiger partial charge in [-0.2, -0.15) is 0 Å². The van der Waals surface area contributed by atoms with Gasteiger partial charge in [0.05, 0.1) is 12.0 Å². The average molecular weight is 479 g/mol. The Morgan fingerprint density at radius 3 is 2.09 bits per heavy atom. The standard InChI is InChI=1S/C29H38N2O4/c1-28(2,3)23-14-10-22(11-15-23)18-31-19-24(30(6)27(31)34)9-7-8-21-12-16-25(17-13-21)35-20-29(4,5)26(32)33/h10-17,19H,7-9,18,20H2,1-6H3,(H,32,33). The predicted molar refractivity (Wildman–Crippen MR) is 139 cm³/mol. The van der Waals surface area contributed by atoms with Crippen LogP contribution in [0.2, 0.25) is 0 Å². The summed E-state index contributed by atoms with van der Waals surface area (Å²) in [6, 6.07) is 16.3. The fourth-order valence-electron chi connectivity index (χ4n) is 3.84. The first-order valence-electron chi connectivity index (χ1n) is 12.2. The molecule has 0 saturated carbocycles. The van der Waals surface area contributed by atoms with Crippen LogP contribution in [0.1, 0.15) is 63.4 Å². The van der Waals surface area contributed by atoms with Crippen molar-refractivity contribution in [1.82, 2.24) is 9.13 Å². The van der Waals surface area contributed by atoms with E-state index < -0.39 is 11.4 Å². The van der Waals surface area contributed by atoms with Crippen molar-refractivity contribution in [2.75, 3.05) is 6.61 Å². The van der Waals surface area contributed by atoms with Crippen molar-refractivity contribution in [1.29, 1.82) is 0 Å². The third-order valence-electron chi connectivity index (χ3n) is 6.44. The van der Waals surface area contributed by atoms with Gasteiger partial charge in [-0.3, -0.25) is 13.9 Å². The van der Waals surface area contributed by atoms with Crippen LogP contribution in [0.25, 0.3) is 0 Å². The number of aromatic nitrogens is 2. The van der Waals surface area contributed by atoms with Crippen molar-refractivity contribution in [3.8, 4) is 5.75 Å². The highest BCUT2D eigenvalue weighted by Gasteiger charge is 2.28. The maximum atomic E-state index is 12.7. The van der Waals surface area contributed by atoms with Gasteiger partial charge in [-0.05, 0) is 67.3 Å². The van der Waals surface area contributed by atoms with Crippen LogP contribution >= 0.6 is 0 Å². The van der Waals surface area contributed by atoms with Crippen LogP contribution in [-0.2, 0) is 36.6 Å². The van der Waals surface area contributed by atoms with Gasteiger partial charge in [0.2, 0.25) is 0 Å². The highest BCUT2D eigenvalue weighted by atomic mass is 16.5. The summed E-state index contributed by atoms with van der Waals surface area (Å²) in [5, 5.41) is 9.20. The van der Waals surface area contributed by atoms with Crippen molar-refractivity contribution in [3.05, 3.63) is 87.6 Å². The molecule has 1 aromatic heterocycles. The van der Waals surface area contributed by atoms with E-state index in [-0.39, 0.29) is 17.7 Å². The Morgan fingerprint density at radius 1 is 0.914 bits per heavy atom. The molecule has 188 valence electrons. The summed E-state index contributed by atoms with van der Waals surface area (Å²) in [6.45, 7) is 10.6. The third kappa shape index (κ3) is 6.87. The summed E-state index contributed by atoms with van der Waals surface area (Å²) in [5.74, 6) is -0.214. The molecule has 0 aliphatic rings. The molecule has 0 saturated heterocycles. The van der Waals surface area contributed by atoms with Crippen LogP contribution in [0.3, 0.4) is 0 Å². The lowest BCUT2D eigenvalue weighted by Gasteiger charge is -2.19. The van der Waals surface area contributed by atoms with Crippen LogP contribution in [-0.4, -0.2) is 26.8 Å². The minimum atomic E-state index is -0.930. The van der Waals surface area contributed by atoms with Crippen LogP contribution in [0.4, 0.5) is 0 Å². The quantitative estimate of drug-likeness (QED) is 0.435. The Bertz CT molecular complexity index is 1190. The van der Waals surface area contributed by atoms with Gasteiger partial charge in [-0.1, -0.05) is 57.2 Å². The van der Waals surface area contributed by atoms with E-state index in [1.807, 2.05) is 37.5 Å². The molecule has 0 bridgehead atoms. The van der Waals surface area contributed by atoms with Crippen LogP contribution < -0.4 is 10.4 Å². The van der Waals surface area contributed by atoms with Gasteiger partial charge < -0.3 is 9.84 Å². The lowest BCUT2D eigenvalue weighted by Crippen LogP contribution is -2.30. The molecule has 0 aliphatic heterocycles. The number of carboxylic acids is 1. The minimum Gasteiger partial charge on any atom is -0.492 e. The summed E-state index contributed by atoms with van der Waals surface area (Å²) < 4.78 is 9.17. The molecular weight excluding hydrogens is 440 g/mol. The summed E-state index contributed by atoms with van der Waals surface area (Å²) >= 11 is 0. The number of imidazole rings is 1. The molecule has 0 atom stereocenters. The zero-order valence-electron chi connectivity index (χ0n) is 21.8. The average Bonchev–Trinajstić information content (AvgIpc) is 3.06. The molecule has 0 aliphatic carbocycles. The Kier molecular flexibility index (Phi) is 7.93. The zero-order chi connectivity index (χ0) is 25.8. The number of hydrogen-bond donors (Lipinski definition) is 1. The molecule has 35 heavy (non-hydrogen) atoms. The predicted octanol–water partition coefficient (Wildman–Crippen LogP) is 5.20. The van der Waals surface area contributed by atoms with Crippen molar-refractivity contribution in [2.24, 2.45) is 12.5 Å². The molecule has 0 radical (unpaired) electrons. The fourth-order valence-corrected chi connectivity index (χ4v) is 3.84. The number of carbonyl (C=O) groups is 1. The second-order valence-corrected chi connectivity index (χ2v) is 11.0. The van der Waals surface area contributed by atoms with E-state index >= 15 is 0 Å². The van der Waals surface area contributed by atoms with Gasteiger partial charge >= 0.3 is 11.7 Å². The highest BCUT2D eigenvalue weighted by Crippen LogP contribution is 2.23. The van der Waals surface area contributed by atoms with E-state index in [2.05, 4.69) is 45.0 Å². The number of carboxylic acid groups (broad SMARTS) is 1. The second kappa shape index (κ2) is 10.5. The van der Waals surface area contributed by atoms with Crippen molar-refractivity contribution in [3.63, 3.8) is 0 Å². The Balaban J connectivity index is 1.55. The van der Waals surface area contributed by atoms with E-state index in [4.69, 9.17) is 4.74 Å². The maximum absolute atomic E-state index is 12.7. The van der Waals surface area contributed by atoms with E-state index in [0.717, 1.165) is 30.5 Å². The van der Waals surface area contributed by atoms with E-state index in [1.165, 1.54) is 11.1 Å². The van der Waals surface area contributed by atoms with Gasteiger partial charge in [0.1, 0.15) is 12.4 Å². The molecule has 0 amide bonds. The molecule has 3 rings (SSSR count).